The van der Waals surface area contributed by atoms with Crippen LogP contribution in [0, 0.1) is 20.8 Å². The van der Waals surface area contributed by atoms with Crippen molar-refractivity contribution in [2.45, 2.75) is 20.8 Å². The first-order chi connectivity index (χ1) is 7.08. The minimum atomic E-state index is -0.325. The second-order valence-corrected chi connectivity index (χ2v) is 3.78. The van der Waals surface area contributed by atoms with Gasteiger partial charge in [-0.15, -0.1) is 0 Å². The van der Waals surface area contributed by atoms with Crippen LogP contribution >= 0.6 is 0 Å². The van der Waals surface area contributed by atoms with Gasteiger partial charge in [0.15, 0.2) is 0 Å². The highest BCUT2D eigenvalue weighted by molar-refractivity contribution is 5.48. The maximum Gasteiger partial charge on any atom is 0.361 e. The molecular weight excluding hydrogens is 190 g/mol. The molecular formula is C11H13N3O. The number of aryl methyl sites for hydroxylation is 3. The standard InChI is InChI=1S/C11H13N3O/c1-7-4-8(2)10(9(3)5-7)14-6-12-11(15)13-14/h4-6H,1-3H3,(H,13,15). The van der Waals surface area contributed by atoms with Crippen LogP contribution in [0.3, 0.4) is 0 Å². The Morgan fingerprint density at radius 1 is 1.20 bits per heavy atom. The second kappa shape index (κ2) is 3.38. The van der Waals surface area contributed by atoms with E-state index in [4.69, 9.17) is 0 Å². The zero-order chi connectivity index (χ0) is 11.0. The lowest BCUT2D eigenvalue weighted by atomic mass is 10.1. The first kappa shape index (κ1) is 9.71. The van der Waals surface area contributed by atoms with Crippen LogP contribution in [0.25, 0.3) is 5.69 Å². The van der Waals surface area contributed by atoms with Gasteiger partial charge in [-0.25, -0.2) is 14.6 Å². The van der Waals surface area contributed by atoms with Gasteiger partial charge in [0.25, 0.3) is 0 Å². The Labute approximate surface area is 87.6 Å². The summed E-state index contributed by atoms with van der Waals surface area (Å²) in [6.07, 6.45) is 1.51. The molecule has 0 atom stereocenters. The molecule has 1 heterocycles. The lowest BCUT2D eigenvalue weighted by Crippen LogP contribution is -2.07. The van der Waals surface area contributed by atoms with Gasteiger partial charge in [-0.3, -0.25) is 0 Å². The third-order valence-electron chi connectivity index (χ3n) is 2.38. The summed E-state index contributed by atoms with van der Waals surface area (Å²) in [4.78, 5) is 14.6. The van der Waals surface area contributed by atoms with E-state index >= 15 is 0 Å². The van der Waals surface area contributed by atoms with Crippen LogP contribution in [0.2, 0.25) is 0 Å². The molecule has 15 heavy (non-hydrogen) atoms. The SMILES string of the molecule is Cc1cc(C)c(-n2cnc(=O)[nH]2)c(C)c1. The molecule has 1 aromatic carbocycles. The lowest BCUT2D eigenvalue weighted by molar-refractivity contribution is 0.849. The molecule has 1 N–H and O–H groups in total. The molecule has 0 saturated carbocycles. The van der Waals surface area contributed by atoms with Crippen LogP contribution in [0.1, 0.15) is 16.7 Å². The summed E-state index contributed by atoms with van der Waals surface area (Å²) in [5.41, 5.74) is 4.14. The van der Waals surface area contributed by atoms with Gasteiger partial charge in [0, 0.05) is 0 Å². The van der Waals surface area contributed by atoms with Crippen LogP contribution in [0.4, 0.5) is 0 Å². The minimum Gasteiger partial charge on any atom is -0.244 e. The number of hydrogen-bond donors (Lipinski definition) is 1. The molecule has 0 aliphatic heterocycles. The van der Waals surface area contributed by atoms with Crippen LogP contribution < -0.4 is 5.69 Å². The van der Waals surface area contributed by atoms with Crippen molar-refractivity contribution in [3.8, 4) is 5.69 Å². The van der Waals surface area contributed by atoms with Crippen molar-refractivity contribution in [3.63, 3.8) is 0 Å². The monoisotopic (exact) mass is 203 g/mol. The van der Waals surface area contributed by atoms with Gasteiger partial charge in [0.2, 0.25) is 0 Å². The molecule has 0 spiro atoms. The number of rotatable bonds is 1. The third-order valence-corrected chi connectivity index (χ3v) is 2.38. The Kier molecular flexibility index (Phi) is 2.19. The van der Waals surface area contributed by atoms with E-state index < -0.39 is 0 Å². The molecule has 0 radical (unpaired) electrons. The summed E-state index contributed by atoms with van der Waals surface area (Å²) in [5, 5.41) is 2.64. The number of hydrogen-bond acceptors (Lipinski definition) is 2. The van der Waals surface area contributed by atoms with Gasteiger partial charge in [0.1, 0.15) is 6.33 Å². The van der Waals surface area contributed by atoms with E-state index in [9.17, 15) is 4.79 Å². The molecule has 0 saturated heterocycles. The van der Waals surface area contributed by atoms with E-state index in [1.807, 2.05) is 13.8 Å². The third kappa shape index (κ3) is 1.70. The van der Waals surface area contributed by atoms with Crippen molar-refractivity contribution in [2.75, 3.05) is 0 Å². The fourth-order valence-electron chi connectivity index (χ4n) is 1.94. The van der Waals surface area contributed by atoms with E-state index in [1.165, 1.54) is 11.9 Å². The Hall–Kier alpha value is -1.84. The molecule has 0 fully saturated rings. The Balaban J connectivity index is 2.67. The average Bonchev–Trinajstić information content (AvgIpc) is 2.49. The van der Waals surface area contributed by atoms with Crippen LogP contribution in [0.15, 0.2) is 23.3 Å². The lowest BCUT2D eigenvalue weighted by Gasteiger charge is -2.10. The number of nitrogens with one attached hydrogen (secondary N) is 1. The molecule has 0 aliphatic carbocycles. The summed E-state index contributed by atoms with van der Waals surface area (Å²) in [7, 11) is 0. The second-order valence-electron chi connectivity index (χ2n) is 3.78. The van der Waals surface area contributed by atoms with Crippen molar-refractivity contribution in [1.82, 2.24) is 14.8 Å². The number of aromatic amines is 1. The van der Waals surface area contributed by atoms with E-state index in [-0.39, 0.29) is 5.69 Å². The highest BCUT2D eigenvalue weighted by Crippen LogP contribution is 2.18. The Bertz CT molecular complexity index is 528. The maximum atomic E-state index is 11.0. The zero-order valence-corrected chi connectivity index (χ0v) is 9.03. The van der Waals surface area contributed by atoms with Crippen molar-refractivity contribution in [1.29, 1.82) is 0 Å². The summed E-state index contributed by atoms with van der Waals surface area (Å²) < 4.78 is 1.66. The topological polar surface area (TPSA) is 50.7 Å². The van der Waals surface area contributed by atoms with E-state index in [2.05, 4.69) is 29.1 Å². The predicted octanol–water partition coefficient (Wildman–Crippen LogP) is 1.49. The van der Waals surface area contributed by atoms with Crippen molar-refractivity contribution in [3.05, 3.63) is 45.6 Å². The van der Waals surface area contributed by atoms with Crippen LogP contribution in [0.5, 0.6) is 0 Å². The molecule has 0 unspecified atom stereocenters. The van der Waals surface area contributed by atoms with E-state index in [0.29, 0.717) is 0 Å². The highest BCUT2D eigenvalue weighted by Gasteiger charge is 2.06. The predicted molar refractivity (Wildman–Crippen MR) is 58.4 cm³/mol. The normalized spacial score (nSPS) is 10.6. The minimum absolute atomic E-state index is 0.325. The van der Waals surface area contributed by atoms with Crippen LogP contribution in [-0.4, -0.2) is 14.8 Å². The number of aromatic nitrogens is 3. The Morgan fingerprint density at radius 2 is 1.80 bits per heavy atom. The van der Waals surface area contributed by atoms with Crippen molar-refractivity contribution >= 4 is 0 Å². The summed E-state index contributed by atoms with van der Waals surface area (Å²) in [6.45, 7) is 6.10. The molecule has 1 aromatic heterocycles. The van der Waals surface area contributed by atoms with Gasteiger partial charge in [0.05, 0.1) is 5.69 Å². The van der Waals surface area contributed by atoms with Gasteiger partial charge in [-0.05, 0) is 31.9 Å². The Morgan fingerprint density at radius 3 is 2.27 bits per heavy atom. The number of H-pyrrole nitrogens is 1. The maximum absolute atomic E-state index is 11.0. The van der Waals surface area contributed by atoms with Crippen LogP contribution in [-0.2, 0) is 0 Å². The average molecular weight is 203 g/mol. The van der Waals surface area contributed by atoms with Gasteiger partial charge in [-0.2, -0.15) is 4.98 Å². The molecule has 4 nitrogen and oxygen atoms in total. The summed E-state index contributed by atoms with van der Waals surface area (Å²) in [5.74, 6) is 0. The van der Waals surface area contributed by atoms with E-state index in [1.54, 1.807) is 4.68 Å². The summed E-state index contributed by atoms with van der Waals surface area (Å²) >= 11 is 0. The smallest absolute Gasteiger partial charge is 0.244 e. The zero-order valence-electron chi connectivity index (χ0n) is 9.03. The van der Waals surface area contributed by atoms with Gasteiger partial charge < -0.3 is 0 Å². The van der Waals surface area contributed by atoms with Gasteiger partial charge in [-0.1, -0.05) is 17.7 Å². The summed E-state index contributed by atoms with van der Waals surface area (Å²) in [6, 6.07) is 4.17. The molecule has 2 rings (SSSR count). The number of nitrogens with zero attached hydrogens (tertiary/aromatic N) is 2. The molecule has 0 amide bonds. The van der Waals surface area contributed by atoms with Gasteiger partial charge >= 0.3 is 5.69 Å². The molecule has 2 aromatic rings. The highest BCUT2D eigenvalue weighted by atomic mass is 16.1. The molecule has 4 heteroatoms. The molecule has 0 aliphatic rings. The quantitative estimate of drug-likeness (QED) is 0.763. The fraction of sp³-hybridized carbons (Fsp3) is 0.273. The first-order valence-electron chi connectivity index (χ1n) is 4.80. The van der Waals surface area contributed by atoms with E-state index in [0.717, 1.165) is 16.8 Å². The molecule has 0 bridgehead atoms. The number of benzene rings is 1. The molecule has 78 valence electrons. The first-order valence-corrected chi connectivity index (χ1v) is 4.80. The largest absolute Gasteiger partial charge is 0.361 e. The van der Waals surface area contributed by atoms with Crippen molar-refractivity contribution in [2.24, 2.45) is 0 Å². The van der Waals surface area contributed by atoms with Crippen molar-refractivity contribution < 1.29 is 0 Å². The fourth-order valence-corrected chi connectivity index (χ4v) is 1.94.